The number of sulfonamides is 1. The van der Waals surface area contributed by atoms with E-state index in [1.807, 2.05) is 26.0 Å². The predicted molar refractivity (Wildman–Crippen MR) is 133 cm³/mol. The molecule has 1 unspecified atom stereocenters. The number of aromatic carboxylic acids is 1. The zero-order valence-electron chi connectivity index (χ0n) is 20.3. The van der Waals surface area contributed by atoms with E-state index in [0.717, 1.165) is 22.8 Å². The van der Waals surface area contributed by atoms with Crippen molar-refractivity contribution in [1.82, 2.24) is 5.43 Å². The Morgan fingerprint density at radius 2 is 1.82 bits per heavy atom. The van der Waals surface area contributed by atoms with Crippen LogP contribution in [0.4, 0.5) is 5.69 Å². The fourth-order valence-corrected chi connectivity index (χ4v) is 4.47. The molecule has 8 nitrogen and oxygen atoms in total. The number of anilines is 1. The number of rotatable bonds is 14. The number of aliphatic hydroxyl groups is 1. The number of benzene rings is 2. The highest BCUT2D eigenvalue weighted by Gasteiger charge is 2.30. The molecule has 34 heavy (non-hydrogen) atoms. The average Bonchev–Trinajstić information content (AvgIpc) is 2.82. The second kappa shape index (κ2) is 12.3. The standard InChI is InChI=1S/C25H36N2O6S/c1-5-7-11-23(28)25(3,4)21-12-14-22(15-13-21)27(34(31,32)6-2)26-18-33-17-19-9-8-10-20(16-19)24(29)30/h8-10,12-16,23,26,28H,5-7,11,17-18H2,1-4H3,(H,29,30). The molecule has 0 aliphatic heterocycles. The Kier molecular flexibility index (Phi) is 10.1. The third-order valence-corrected chi connectivity index (χ3v) is 7.53. The summed E-state index contributed by atoms with van der Waals surface area (Å²) in [5, 5.41) is 19.7. The van der Waals surface area contributed by atoms with Gasteiger partial charge >= 0.3 is 5.97 Å². The summed E-state index contributed by atoms with van der Waals surface area (Å²) in [5.74, 6) is -1.13. The van der Waals surface area contributed by atoms with Crippen molar-refractivity contribution in [3.8, 4) is 0 Å². The van der Waals surface area contributed by atoms with E-state index in [1.165, 1.54) is 12.1 Å². The molecule has 0 aliphatic rings. The molecular formula is C25H36N2O6S. The molecule has 9 heteroatoms. The van der Waals surface area contributed by atoms with Gasteiger partial charge in [0.05, 0.1) is 29.7 Å². The van der Waals surface area contributed by atoms with Crippen LogP contribution >= 0.6 is 0 Å². The van der Waals surface area contributed by atoms with Crippen LogP contribution in [-0.2, 0) is 26.8 Å². The fraction of sp³-hybridized carbons (Fsp3) is 0.480. The molecule has 0 aliphatic carbocycles. The van der Waals surface area contributed by atoms with Crippen LogP contribution in [0.15, 0.2) is 48.5 Å². The molecular weight excluding hydrogens is 456 g/mol. The third kappa shape index (κ3) is 7.27. The highest BCUT2D eigenvalue weighted by Crippen LogP contribution is 2.31. The van der Waals surface area contributed by atoms with E-state index >= 15 is 0 Å². The van der Waals surface area contributed by atoms with E-state index in [0.29, 0.717) is 17.7 Å². The highest BCUT2D eigenvalue weighted by molar-refractivity contribution is 7.92. The van der Waals surface area contributed by atoms with Gasteiger partial charge in [0.15, 0.2) is 0 Å². The van der Waals surface area contributed by atoms with E-state index in [-0.39, 0.29) is 24.7 Å². The van der Waals surface area contributed by atoms with Crippen molar-refractivity contribution in [1.29, 1.82) is 0 Å². The number of ether oxygens (including phenoxy) is 1. The van der Waals surface area contributed by atoms with Gasteiger partial charge < -0.3 is 14.9 Å². The fourth-order valence-electron chi connectivity index (χ4n) is 3.52. The van der Waals surface area contributed by atoms with Crippen LogP contribution < -0.4 is 9.84 Å². The van der Waals surface area contributed by atoms with Crippen molar-refractivity contribution in [3.05, 3.63) is 65.2 Å². The summed E-state index contributed by atoms with van der Waals surface area (Å²) in [7, 11) is -3.64. The monoisotopic (exact) mass is 492 g/mol. The van der Waals surface area contributed by atoms with Crippen molar-refractivity contribution >= 4 is 21.7 Å². The molecule has 2 aromatic rings. The number of carboxylic acid groups (broad SMARTS) is 1. The smallest absolute Gasteiger partial charge is 0.335 e. The number of carboxylic acids is 1. The summed E-state index contributed by atoms with van der Waals surface area (Å²) in [6.45, 7) is 7.63. The average molecular weight is 493 g/mol. The lowest BCUT2D eigenvalue weighted by atomic mass is 9.77. The molecule has 188 valence electrons. The van der Waals surface area contributed by atoms with E-state index in [9.17, 15) is 18.3 Å². The second-order valence-corrected chi connectivity index (χ2v) is 10.9. The zero-order chi connectivity index (χ0) is 25.4. The summed E-state index contributed by atoms with van der Waals surface area (Å²) < 4.78 is 32.0. The largest absolute Gasteiger partial charge is 0.478 e. The Morgan fingerprint density at radius 3 is 2.41 bits per heavy atom. The summed E-state index contributed by atoms with van der Waals surface area (Å²) in [6.07, 6.45) is 2.15. The van der Waals surface area contributed by atoms with Gasteiger partial charge in [0.25, 0.3) is 0 Å². The van der Waals surface area contributed by atoms with Gasteiger partial charge in [-0.2, -0.15) is 5.43 Å². The van der Waals surface area contributed by atoms with Crippen LogP contribution in [0.5, 0.6) is 0 Å². The lowest BCUT2D eigenvalue weighted by molar-refractivity contribution is 0.0696. The van der Waals surface area contributed by atoms with E-state index in [2.05, 4.69) is 12.3 Å². The van der Waals surface area contributed by atoms with Gasteiger partial charge in [-0.3, -0.25) is 0 Å². The maximum atomic E-state index is 12.7. The lowest BCUT2D eigenvalue weighted by Gasteiger charge is -2.32. The van der Waals surface area contributed by atoms with Crippen LogP contribution in [-0.4, -0.2) is 43.2 Å². The van der Waals surface area contributed by atoms with Crippen LogP contribution in [0.25, 0.3) is 0 Å². The molecule has 0 radical (unpaired) electrons. The number of nitrogens with one attached hydrogen (secondary N) is 1. The van der Waals surface area contributed by atoms with Gasteiger partial charge in [0.2, 0.25) is 10.0 Å². The van der Waals surface area contributed by atoms with Gasteiger partial charge in [0.1, 0.15) is 6.73 Å². The Hall–Kier alpha value is -2.46. The third-order valence-electron chi connectivity index (χ3n) is 5.91. The lowest BCUT2D eigenvalue weighted by Crippen LogP contribution is -2.45. The van der Waals surface area contributed by atoms with E-state index in [1.54, 1.807) is 31.2 Å². The van der Waals surface area contributed by atoms with Crippen LogP contribution in [0, 0.1) is 0 Å². The highest BCUT2D eigenvalue weighted by atomic mass is 32.2. The minimum atomic E-state index is -3.64. The van der Waals surface area contributed by atoms with Crippen molar-refractivity contribution in [2.75, 3.05) is 16.9 Å². The number of carbonyl (C=O) groups is 1. The van der Waals surface area contributed by atoms with Crippen molar-refractivity contribution in [2.24, 2.45) is 0 Å². The Morgan fingerprint density at radius 1 is 1.15 bits per heavy atom. The summed E-state index contributed by atoms with van der Waals surface area (Å²) in [5.41, 5.74) is 4.51. The molecule has 0 saturated carbocycles. The first kappa shape index (κ1) is 27.8. The van der Waals surface area contributed by atoms with Crippen LogP contribution in [0.1, 0.15) is 68.4 Å². The molecule has 3 N–H and O–H groups in total. The van der Waals surface area contributed by atoms with Crippen molar-refractivity contribution in [3.63, 3.8) is 0 Å². The van der Waals surface area contributed by atoms with Gasteiger partial charge in [-0.25, -0.2) is 17.6 Å². The first-order valence-electron chi connectivity index (χ1n) is 11.5. The summed E-state index contributed by atoms with van der Waals surface area (Å²) in [4.78, 5) is 11.1. The Labute approximate surface area is 202 Å². The topological polar surface area (TPSA) is 116 Å². The molecule has 2 aromatic carbocycles. The number of hydrogen-bond donors (Lipinski definition) is 3. The van der Waals surface area contributed by atoms with Gasteiger partial charge in [0, 0.05) is 5.41 Å². The van der Waals surface area contributed by atoms with E-state index in [4.69, 9.17) is 9.84 Å². The van der Waals surface area contributed by atoms with Gasteiger partial charge in [-0.1, -0.05) is 57.9 Å². The first-order valence-corrected chi connectivity index (χ1v) is 13.1. The molecule has 2 rings (SSSR count). The minimum Gasteiger partial charge on any atom is -0.478 e. The quantitative estimate of drug-likeness (QED) is 0.207. The van der Waals surface area contributed by atoms with E-state index < -0.39 is 27.5 Å². The SMILES string of the molecule is CCCCC(O)C(C)(C)c1ccc(N(NCOCc2cccc(C(=O)O)c2)S(=O)(=O)CC)cc1. The summed E-state index contributed by atoms with van der Waals surface area (Å²) >= 11 is 0. The zero-order valence-corrected chi connectivity index (χ0v) is 21.1. The predicted octanol–water partition coefficient (Wildman–Crippen LogP) is 4.05. The Bertz CT molecular complexity index is 1040. The maximum absolute atomic E-state index is 12.7. The number of hydrazine groups is 1. The number of nitrogens with zero attached hydrogens (tertiary/aromatic N) is 1. The molecule has 0 amide bonds. The first-order chi connectivity index (χ1) is 16.0. The minimum absolute atomic E-state index is 0.0977. The van der Waals surface area contributed by atoms with Crippen molar-refractivity contribution in [2.45, 2.75) is 65.1 Å². The molecule has 0 saturated heterocycles. The van der Waals surface area contributed by atoms with Crippen molar-refractivity contribution < 1.29 is 28.2 Å². The molecule has 0 heterocycles. The number of hydrogen-bond acceptors (Lipinski definition) is 6. The van der Waals surface area contributed by atoms with Gasteiger partial charge in [-0.15, -0.1) is 0 Å². The van der Waals surface area contributed by atoms with Crippen LogP contribution in [0.2, 0.25) is 0 Å². The maximum Gasteiger partial charge on any atom is 0.335 e. The molecule has 1 atom stereocenters. The number of unbranched alkanes of at least 4 members (excludes halogenated alkanes) is 1. The van der Waals surface area contributed by atoms with Gasteiger partial charge in [-0.05, 0) is 48.7 Å². The number of aliphatic hydroxyl groups excluding tert-OH is 1. The molecule has 0 aromatic heterocycles. The summed E-state index contributed by atoms with van der Waals surface area (Å²) in [6, 6.07) is 13.5. The second-order valence-electron chi connectivity index (χ2n) is 8.75. The molecule has 0 spiro atoms. The van der Waals surface area contributed by atoms with Crippen LogP contribution in [0.3, 0.4) is 0 Å². The Balaban J connectivity index is 2.10. The normalized spacial score (nSPS) is 13.0. The molecule has 0 fully saturated rings. The molecule has 0 bridgehead atoms.